The summed E-state index contributed by atoms with van der Waals surface area (Å²) < 4.78 is 22.0. The van der Waals surface area contributed by atoms with Crippen molar-refractivity contribution in [1.29, 1.82) is 0 Å². The van der Waals surface area contributed by atoms with E-state index in [1.807, 2.05) is 30.3 Å². The molecule has 0 aliphatic carbocycles. The van der Waals surface area contributed by atoms with Gasteiger partial charge < -0.3 is 28.7 Å². The van der Waals surface area contributed by atoms with Crippen molar-refractivity contribution in [3.63, 3.8) is 0 Å². The SMILES string of the molecule is COc1ccc(CC(=O)N2CCN(C(=O)C3COc4ccccc4O3)CC2)cc1OC. The first kappa shape index (κ1) is 20.8. The zero-order valence-electron chi connectivity index (χ0n) is 17.7. The Morgan fingerprint density at radius 1 is 0.935 bits per heavy atom. The lowest BCUT2D eigenvalue weighted by Gasteiger charge is -2.37. The number of methoxy groups -OCH3 is 2. The van der Waals surface area contributed by atoms with Crippen LogP contribution in [0, 0.1) is 0 Å². The quantitative estimate of drug-likeness (QED) is 0.725. The van der Waals surface area contributed by atoms with Crippen LogP contribution in [0.15, 0.2) is 42.5 Å². The first-order chi connectivity index (χ1) is 15.1. The number of piperazine rings is 1. The first-order valence-electron chi connectivity index (χ1n) is 10.2. The minimum Gasteiger partial charge on any atom is -0.493 e. The highest BCUT2D eigenvalue weighted by atomic mass is 16.6. The van der Waals surface area contributed by atoms with Crippen LogP contribution in [0.4, 0.5) is 0 Å². The molecule has 8 nitrogen and oxygen atoms in total. The molecule has 8 heteroatoms. The summed E-state index contributed by atoms with van der Waals surface area (Å²) in [4.78, 5) is 29.1. The Bertz CT molecular complexity index is 955. The molecule has 0 aromatic heterocycles. The number of carbonyl (C=O) groups is 2. The molecule has 2 amide bonds. The van der Waals surface area contributed by atoms with Crippen LogP contribution >= 0.6 is 0 Å². The lowest BCUT2D eigenvalue weighted by Crippen LogP contribution is -2.55. The molecular weight excluding hydrogens is 400 g/mol. The summed E-state index contributed by atoms with van der Waals surface area (Å²) >= 11 is 0. The van der Waals surface area contributed by atoms with Gasteiger partial charge in [-0.25, -0.2) is 0 Å². The molecule has 1 saturated heterocycles. The van der Waals surface area contributed by atoms with Crippen LogP contribution < -0.4 is 18.9 Å². The summed E-state index contributed by atoms with van der Waals surface area (Å²) in [6.07, 6.45) is -0.395. The molecule has 0 N–H and O–H groups in total. The molecule has 2 heterocycles. The van der Waals surface area contributed by atoms with Crippen molar-refractivity contribution >= 4 is 11.8 Å². The Morgan fingerprint density at radius 2 is 1.61 bits per heavy atom. The van der Waals surface area contributed by atoms with E-state index in [0.717, 1.165) is 5.56 Å². The summed E-state index contributed by atoms with van der Waals surface area (Å²) in [5.41, 5.74) is 0.854. The number of fused-ring (bicyclic) bond motifs is 1. The van der Waals surface area contributed by atoms with Gasteiger partial charge >= 0.3 is 0 Å². The highest BCUT2D eigenvalue weighted by Gasteiger charge is 2.33. The molecule has 1 fully saturated rings. The fraction of sp³-hybridized carbons (Fsp3) is 0.391. The smallest absolute Gasteiger partial charge is 0.267 e. The van der Waals surface area contributed by atoms with E-state index in [9.17, 15) is 9.59 Å². The van der Waals surface area contributed by atoms with Crippen LogP contribution in [0.25, 0.3) is 0 Å². The van der Waals surface area contributed by atoms with Gasteiger partial charge in [0.25, 0.3) is 5.91 Å². The zero-order chi connectivity index (χ0) is 21.8. The van der Waals surface area contributed by atoms with Crippen LogP contribution in [-0.2, 0) is 16.0 Å². The molecule has 2 aliphatic rings. The fourth-order valence-corrected chi connectivity index (χ4v) is 3.80. The molecule has 31 heavy (non-hydrogen) atoms. The Balaban J connectivity index is 1.30. The van der Waals surface area contributed by atoms with Gasteiger partial charge in [0.2, 0.25) is 12.0 Å². The Labute approximate surface area is 181 Å². The number of amides is 2. The predicted octanol–water partition coefficient (Wildman–Crippen LogP) is 1.76. The van der Waals surface area contributed by atoms with Crippen LogP contribution in [0.5, 0.6) is 23.0 Å². The minimum absolute atomic E-state index is 0.0190. The molecule has 2 aliphatic heterocycles. The second-order valence-electron chi connectivity index (χ2n) is 7.44. The summed E-state index contributed by atoms with van der Waals surface area (Å²) in [7, 11) is 3.14. The van der Waals surface area contributed by atoms with Crippen molar-refractivity contribution in [3.05, 3.63) is 48.0 Å². The largest absolute Gasteiger partial charge is 0.493 e. The van der Waals surface area contributed by atoms with Gasteiger partial charge in [0, 0.05) is 26.2 Å². The maximum Gasteiger partial charge on any atom is 0.267 e. The maximum atomic E-state index is 12.9. The number of para-hydroxylation sites is 2. The third-order valence-corrected chi connectivity index (χ3v) is 5.53. The van der Waals surface area contributed by atoms with E-state index in [-0.39, 0.29) is 24.8 Å². The van der Waals surface area contributed by atoms with E-state index in [1.54, 1.807) is 36.2 Å². The predicted molar refractivity (Wildman–Crippen MR) is 113 cm³/mol. The topological polar surface area (TPSA) is 77.5 Å². The second kappa shape index (κ2) is 9.16. The van der Waals surface area contributed by atoms with E-state index in [1.165, 1.54) is 0 Å². The minimum atomic E-state index is -0.663. The van der Waals surface area contributed by atoms with Crippen LogP contribution in [0.3, 0.4) is 0 Å². The number of nitrogens with zero attached hydrogens (tertiary/aromatic N) is 2. The van der Waals surface area contributed by atoms with Crippen molar-refractivity contribution < 1.29 is 28.5 Å². The lowest BCUT2D eigenvalue weighted by atomic mass is 10.1. The fourth-order valence-electron chi connectivity index (χ4n) is 3.80. The van der Waals surface area contributed by atoms with Gasteiger partial charge in [-0.1, -0.05) is 18.2 Å². The van der Waals surface area contributed by atoms with Crippen LogP contribution in [-0.4, -0.2) is 74.7 Å². The monoisotopic (exact) mass is 426 g/mol. The average Bonchev–Trinajstić information content (AvgIpc) is 2.83. The van der Waals surface area contributed by atoms with Crippen molar-refractivity contribution in [2.45, 2.75) is 12.5 Å². The van der Waals surface area contributed by atoms with Crippen LogP contribution in [0.1, 0.15) is 5.56 Å². The molecule has 1 atom stereocenters. The van der Waals surface area contributed by atoms with E-state index in [0.29, 0.717) is 49.2 Å². The van der Waals surface area contributed by atoms with Crippen molar-refractivity contribution in [2.24, 2.45) is 0 Å². The first-order valence-corrected chi connectivity index (χ1v) is 10.2. The molecule has 164 valence electrons. The molecule has 0 bridgehead atoms. The lowest BCUT2D eigenvalue weighted by molar-refractivity contribution is -0.146. The molecule has 2 aromatic rings. The summed E-state index contributed by atoms with van der Waals surface area (Å²) in [5, 5.41) is 0. The van der Waals surface area contributed by atoms with Crippen LogP contribution in [0.2, 0.25) is 0 Å². The molecule has 0 radical (unpaired) electrons. The number of carbonyl (C=O) groups excluding carboxylic acids is 2. The number of ether oxygens (including phenoxy) is 4. The molecule has 0 saturated carbocycles. The van der Waals surface area contributed by atoms with E-state index in [4.69, 9.17) is 18.9 Å². The summed E-state index contributed by atoms with van der Waals surface area (Å²) in [5.74, 6) is 2.36. The average molecular weight is 426 g/mol. The Kier molecular flexibility index (Phi) is 6.16. The van der Waals surface area contributed by atoms with Gasteiger partial charge in [0.1, 0.15) is 6.61 Å². The summed E-state index contributed by atoms with van der Waals surface area (Å²) in [6.45, 7) is 2.11. The van der Waals surface area contributed by atoms with Gasteiger partial charge in [-0.05, 0) is 29.8 Å². The highest BCUT2D eigenvalue weighted by Crippen LogP contribution is 2.31. The van der Waals surface area contributed by atoms with Crippen molar-refractivity contribution in [2.75, 3.05) is 47.0 Å². The van der Waals surface area contributed by atoms with E-state index >= 15 is 0 Å². The molecule has 2 aromatic carbocycles. The summed E-state index contributed by atoms with van der Waals surface area (Å²) in [6, 6.07) is 12.8. The number of benzene rings is 2. The van der Waals surface area contributed by atoms with Crippen molar-refractivity contribution in [1.82, 2.24) is 9.80 Å². The van der Waals surface area contributed by atoms with Crippen molar-refractivity contribution in [3.8, 4) is 23.0 Å². The number of rotatable bonds is 5. The maximum absolute atomic E-state index is 12.9. The standard InChI is InChI=1S/C23H26N2O6/c1-28-17-8-7-16(13-20(17)29-2)14-22(26)24-9-11-25(12-10-24)23(27)21-15-30-18-5-3-4-6-19(18)31-21/h3-8,13,21H,9-12,14-15H2,1-2H3. The zero-order valence-corrected chi connectivity index (χ0v) is 17.7. The van der Waals surface area contributed by atoms with Gasteiger partial charge in [-0.2, -0.15) is 0 Å². The number of hydrogen-bond donors (Lipinski definition) is 0. The Morgan fingerprint density at radius 3 is 2.32 bits per heavy atom. The van der Waals surface area contributed by atoms with E-state index < -0.39 is 6.10 Å². The van der Waals surface area contributed by atoms with Gasteiger partial charge in [-0.15, -0.1) is 0 Å². The molecule has 4 rings (SSSR count). The number of hydrogen-bond acceptors (Lipinski definition) is 6. The molecule has 0 spiro atoms. The second-order valence-corrected chi connectivity index (χ2v) is 7.44. The third kappa shape index (κ3) is 4.52. The van der Waals surface area contributed by atoms with Gasteiger partial charge in [-0.3, -0.25) is 9.59 Å². The van der Waals surface area contributed by atoms with Gasteiger partial charge in [0.15, 0.2) is 23.0 Å². The normalized spacial score (nSPS) is 17.8. The highest BCUT2D eigenvalue weighted by molar-refractivity contribution is 5.83. The van der Waals surface area contributed by atoms with E-state index in [2.05, 4.69) is 0 Å². The molecular formula is C23H26N2O6. The molecule has 1 unspecified atom stereocenters. The Hall–Kier alpha value is -3.42. The van der Waals surface area contributed by atoms with Gasteiger partial charge in [0.05, 0.1) is 20.6 Å². The third-order valence-electron chi connectivity index (χ3n) is 5.53.